The number of nitrogens with zero attached hydrogens (tertiary/aromatic N) is 1. The van der Waals surface area contributed by atoms with Gasteiger partial charge in [-0.25, -0.2) is 0 Å². The van der Waals surface area contributed by atoms with Gasteiger partial charge in [0.15, 0.2) is 12.4 Å². The van der Waals surface area contributed by atoms with Crippen LogP contribution in [0.25, 0.3) is 0 Å². The van der Waals surface area contributed by atoms with E-state index in [1.54, 1.807) is 0 Å². The van der Waals surface area contributed by atoms with Gasteiger partial charge in [0.05, 0.1) is 40.3 Å². The summed E-state index contributed by atoms with van der Waals surface area (Å²) in [5, 5.41) is 11.7. The lowest BCUT2D eigenvalue weighted by Crippen LogP contribution is -2.44. The SMILES string of the molecule is CCCCCCCCCC/C=C\CCCCCCCCCCCCCCCCCCCCCCCCCC(=O)OC(COC(=O)CCCCCCCCCCCC)COC(OCC[N+](C)(C)C)C(=O)[O-]. The summed E-state index contributed by atoms with van der Waals surface area (Å²) >= 11 is 0. The lowest BCUT2D eigenvalue weighted by atomic mass is 10.0. The molecule has 0 aliphatic carbocycles. The molecule has 414 valence electrons. The number of allylic oxidation sites excluding steroid dienone is 2. The number of ether oxygens (including phenoxy) is 4. The van der Waals surface area contributed by atoms with Crippen LogP contribution in [0.5, 0.6) is 0 Å². The van der Waals surface area contributed by atoms with Gasteiger partial charge in [0.1, 0.15) is 13.2 Å². The van der Waals surface area contributed by atoms with Crippen molar-refractivity contribution < 1.29 is 42.9 Å². The van der Waals surface area contributed by atoms with Crippen molar-refractivity contribution in [3.05, 3.63) is 12.2 Å². The number of unbranched alkanes of at least 4 members (excludes halogenated alkanes) is 40. The molecule has 0 aromatic rings. The molecule has 0 radical (unpaired) electrons. The molecule has 2 unspecified atom stereocenters. The summed E-state index contributed by atoms with van der Waals surface area (Å²) in [5.74, 6) is -2.26. The van der Waals surface area contributed by atoms with Crippen molar-refractivity contribution in [2.45, 2.75) is 315 Å². The van der Waals surface area contributed by atoms with Gasteiger partial charge in [0.2, 0.25) is 0 Å². The number of rotatable bonds is 57. The molecule has 0 spiro atoms. The van der Waals surface area contributed by atoms with Gasteiger partial charge in [-0.3, -0.25) is 9.59 Å². The van der Waals surface area contributed by atoms with Gasteiger partial charge in [-0.05, 0) is 38.5 Å². The molecule has 70 heavy (non-hydrogen) atoms. The summed E-state index contributed by atoms with van der Waals surface area (Å²) in [6.45, 7) is 4.77. The number of aliphatic carboxylic acids is 1. The first-order valence-corrected chi connectivity index (χ1v) is 30.3. The molecule has 0 fully saturated rings. The third kappa shape index (κ3) is 53.8. The summed E-state index contributed by atoms with van der Waals surface area (Å²) in [6, 6.07) is 0. The van der Waals surface area contributed by atoms with Crippen LogP contribution in [-0.2, 0) is 33.3 Å². The van der Waals surface area contributed by atoms with E-state index < -0.39 is 24.3 Å². The van der Waals surface area contributed by atoms with E-state index in [0.29, 0.717) is 17.4 Å². The molecule has 0 rings (SSSR count). The Balaban J connectivity index is 3.92. The topological polar surface area (TPSA) is 111 Å². The molecule has 0 amide bonds. The fourth-order valence-corrected chi connectivity index (χ4v) is 9.06. The Kier molecular flexibility index (Phi) is 51.8. The van der Waals surface area contributed by atoms with Crippen LogP contribution in [0, 0.1) is 0 Å². The maximum Gasteiger partial charge on any atom is 0.306 e. The van der Waals surface area contributed by atoms with Crippen molar-refractivity contribution in [2.24, 2.45) is 0 Å². The van der Waals surface area contributed by atoms with Gasteiger partial charge in [0, 0.05) is 12.8 Å². The highest BCUT2D eigenvalue weighted by Gasteiger charge is 2.22. The Morgan fingerprint density at radius 2 is 0.729 bits per heavy atom. The van der Waals surface area contributed by atoms with E-state index in [9.17, 15) is 19.5 Å². The van der Waals surface area contributed by atoms with Crippen LogP contribution in [0.3, 0.4) is 0 Å². The van der Waals surface area contributed by atoms with E-state index >= 15 is 0 Å². The molecule has 0 bridgehead atoms. The van der Waals surface area contributed by atoms with Crippen molar-refractivity contribution in [2.75, 3.05) is 47.5 Å². The molecule has 2 atom stereocenters. The zero-order chi connectivity index (χ0) is 51.3. The highest BCUT2D eigenvalue weighted by Crippen LogP contribution is 2.18. The number of esters is 2. The van der Waals surface area contributed by atoms with E-state index in [1.807, 2.05) is 21.1 Å². The molecule has 0 saturated heterocycles. The quantitative estimate of drug-likeness (QED) is 0.0195. The van der Waals surface area contributed by atoms with Crippen LogP contribution in [0.1, 0.15) is 303 Å². The van der Waals surface area contributed by atoms with Crippen LogP contribution >= 0.6 is 0 Å². The molecule has 0 aliphatic rings. The summed E-state index contributed by atoms with van der Waals surface area (Å²) in [5.41, 5.74) is 0. The van der Waals surface area contributed by atoms with Crippen molar-refractivity contribution in [3.63, 3.8) is 0 Å². The number of quaternary nitrogens is 1. The Morgan fingerprint density at radius 3 is 1.06 bits per heavy atom. The van der Waals surface area contributed by atoms with Gasteiger partial charge in [-0.15, -0.1) is 0 Å². The van der Waals surface area contributed by atoms with Crippen LogP contribution in [0.2, 0.25) is 0 Å². The van der Waals surface area contributed by atoms with Crippen molar-refractivity contribution >= 4 is 17.9 Å². The van der Waals surface area contributed by atoms with Crippen LogP contribution in [0.15, 0.2) is 12.2 Å². The van der Waals surface area contributed by atoms with Crippen molar-refractivity contribution in [3.8, 4) is 0 Å². The predicted molar refractivity (Wildman–Crippen MR) is 293 cm³/mol. The lowest BCUT2D eigenvalue weighted by molar-refractivity contribution is -0.870. The van der Waals surface area contributed by atoms with Crippen LogP contribution in [-0.4, -0.2) is 82.3 Å². The molecule has 0 aromatic heterocycles. The van der Waals surface area contributed by atoms with Gasteiger partial charge in [0.25, 0.3) is 0 Å². The molecule has 9 heteroatoms. The Hall–Kier alpha value is -1.97. The highest BCUT2D eigenvalue weighted by molar-refractivity contribution is 5.70. The summed E-state index contributed by atoms with van der Waals surface area (Å²) in [6.07, 6.45) is 58.8. The van der Waals surface area contributed by atoms with Crippen LogP contribution < -0.4 is 5.11 Å². The Bertz CT molecular complexity index is 1150. The second kappa shape index (κ2) is 53.3. The van der Waals surface area contributed by atoms with Crippen LogP contribution in [0.4, 0.5) is 0 Å². The molecule has 9 nitrogen and oxygen atoms in total. The molecular weight excluding hydrogens is 875 g/mol. The lowest BCUT2D eigenvalue weighted by Gasteiger charge is -2.26. The number of hydrogen-bond donors (Lipinski definition) is 0. The first kappa shape index (κ1) is 68.0. The van der Waals surface area contributed by atoms with Gasteiger partial charge < -0.3 is 33.3 Å². The monoisotopic (exact) mass is 992 g/mol. The van der Waals surface area contributed by atoms with E-state index in [1.165, 1.54) is 238 Å². The third-order valence-electron chi connectivity index (χ3n) is 13.8. The highest BCUT2D eigenvalue weighted by atomic mass is 16.7. The predicted octanol–water partition coefficient (Wildman–Crippen LogP) is 16.4. The average Bonchev–Trinajstić information content (AvgIpc) is 3.33. The van der Waals surface area contributed by atoms with Gasteiger partial charge in [-0.2, -0.15) is 0 Å². The van der Waals surface area contributed by atoms with E-state index in [0.717, 1.165) is 38.5 Å². The van der Waals surface area contributed by atoms with Crippen molar-refractivity contribution in [1.29, 1.82) is 0 Å². The maximum absolute atomic E-state index is 12.8. The summed E-state index contributed by atoms with van der Waals surface area (Å²) < 4.78 is 22.6. The number of carboxylic acids is 1. The largest absolute Gasteiger partial charge is 0.545 e. The molecular formula is C61H117NO8. The smallest absolute Gasteiger partial charge is 0.306 e. The number of carboxylic acid groups (broad SMARTS) is 1. The fraction of sp³-hybridized carbons (Fsp3) is 0.918. The Morgan fingerprint density at radius 1 is 0.414 bits per heavy atom. The maximum atomic E-state index is 12.8. The second-order valence-corrected chi connectivity index (χ2v) is 22.0. The second-order valence-electron chi connectivity index (χ2n) is 22.0. The number of carbonyl (C=O) groups is 3. The van der Waals surface area contributed by atoms with Gasteiger partial charge >= 0.3 is 11.9 Å². The van der Waals surface area contributed by atoms with E-state index in [-0.39, 0.29) is 32.2 Å². The zero-order valence-corrected chi connectivity index (χ0v) is 47.2. The normalized spacial score (nSPS) is 12.8. The minimum Gasteiger partial charge on any atom is -0.545 e. The summed E-state index contributed by atoms with van der Waals surface area (Å²) in [7, 11) is 5.93. The van der Waals surface area contributed by atoms with Crippen molar-refractivity contribution in [1.82, 2.24) is 0 Å². The minimum absolute atomic E-state index is 0.152. The first-order chi connectivity index (χ1) is 34.1. The molecule has 0 saturated carbocycles. The van der Waals surface area contributed by atoms with Gasteiger partial charge in [-0.1, -0.05) is 264 Å². The first-order valence-electron chi connectivity index (χ1n) is 30.3. The fourth-order valence-electron chi connectivity index (χ4n) is 9.06. The van der Waals surface area contributed by atoms with E-state index in [2.05, 4.69) is 26.0 Å². The zero-order valence-electron chi connectivity index (χ0n) is 47.2. The molecule has 0 aromatic carbocycles. The number of hydrogen-bond acceptors (Lipinski definition) is 8. The number of likely N-dealkylation sites (N-methyl/N-ethyl adjacent to an activating group) is 1. The minimum atomic E-state index is -1.61. The average molecular weight is 993 g/mol. The third-order valence-corrected chi connectivity index (χ3v) is 13.8. The Labute approximate surface area is 434 Å². The molecule has 0 N–H and O–H groups in total. The molecule has 0 aliphatic heterocycles. The number of carbonyl (C=O) groups excluding carboxylic acids is 3. The summed E-state index contributed by atoms with van der Waals surface area (Å²) in [4.78, 5) is 37.1. The standard InChI is InChI=1S/C61H117NO8/c1-6-8-10-12-14-16-18-19-20-21-22-23-24-25-26-27-28-29-30-31-32-33-34-35-36-37-38-39-40-41-42-44-46-48-50-52-59(64)70-57(56-69-61(60(65)66)67-54-53-62(3,4)5)55-68-58(63)51-49-47-45-43-17-15-13-11-9-7-2/h21-22,57,61H,6-20,23-56H2,1-5H3/b22-21-. The molecule has 0 heterocycles. The van der Waals surface area contributed by atoms with E-state index in [4.69, 9.17) is 18.9 Å².